The van der Waals surface area contributed by atoms with E-state index in [1.54, 1.807) is 13.0 Å². The summed E-state index contributed by atoms with van der Waals surface area (Å²) in [4.78, 5) is 10.9. The van der Waals surface area contributed by atoms with Crippen molar-refractivity contribution in [3.63, 3.8) is 0 Å². The summed E-state index contributed by atoms with van der Waals surface area (Å²) in [6.45, 7) is 8.66. The minimum atomic E-state index is 0.124. The Morgan fingerprint density at radius 2 is 1.67 bits per heavy atom. The van der Waals surface area contributed by atoms with Gasteiger partial charge in [-0.25, -0.2) is 0 Å². The van der Waals surface area contributed by atoms with Gasteiger partial charge in [-0.1, -0.05) is 36.4 Å². The van der Waals surface area contributed by atoms with Crippen LogP contribution in [0.25, 0.3) is 6.08 Å². The molecule has 0 aromatic heterocycles. The van der Waals surface area contributed by atoms with Gasteiger partial charge >= 0.3 is 0 Å². The predicted octanol–water partition coefficient (Wildman–Crippen LogP) is 3.87. The molecule has 0 atom stereocenters. The molecular formula is C14H18O. The average molecular weight is 202 g/mol. The lowest BCUT2D eigenvalue weighted by atomic mass is 10.1. The molecule has 0 amide bonds. The van der Waals surface area contributed by atoms with Gasteiger partial charge in [0.1, 0.15) is 0 Å². The third kappa shape index (κ3) is 6.44. The number of ketones is 1. The lowest BCUT2D eigenvalue weighted by Crippen LogP contribution is -1.90. The van der Waals surface area contributed by atoms with Crippen LogP contribution >= 0.6 is 0 Å². The number of rotatable bonds is 2. The van der Waals surface area contributed by atoms with E-state index in [1.807, 2.05) is 50.3 Å². The first-order valence-electron chi connectivity index (χ1n) is 4.93. The molecule has 0 radical (unpaired) electrons. The Labute approximate surface area is 92.1 Å². The van der Waals surface area contributed by atoms with Crippen LogP contribution in [0.4, 0.5) is 0 Å². The molecule has 1 nitrogen and oxygen atoms in total. The van der Waals surface area contributed by atoms with E-state index in [0.717, 1.165) is 11.1 Å². The van der Waals surface area contributed by atoms with Gasteiger partial charge in [0.25, 0.3) is 0 Å². The van der Waals surface area contributed by atoms with E-state index in [4.69, 9.17) is 0 Å². The Balaban J connectivity index is 0.000000583. The molecule has 1 heteroatoms. The molecule has 0 aliphatic heterocycles. The molecule has 0 aliphatic rings. The minimum absolute atomic E-state index is 0.124. The van der Waals surface area contributed by atoms with Gasteiger partial charge in [0.2, 0.25) is 0 Å². The van der Waals surface area contributed by atoms with Crippen LogP contribution in [0, 0.1) is 0 Å². The molecule has 1 aromatic carbocycles. The Morgan fingerprint density at radius 3 is 2.07 bits per heavy atom. The van der Waals surface area contributed by atoms with Crippen LogP contribution in [0.5, 0.6) is 0 Å². The molecular weight excluding hydrogens is 184 g/mol. The van der Waals surface area contributed by atoms with Crippen molar-refractivity contribution in [2.45, 2.75) is 20.8 Å². The fourth-order valence-electron chi connectivity index (χ4n) is 0.901. The zero-order chi connectivity index (χ0) is 11.7. The Bertz CT molecular complexity index is 334. The zero-order valence-corrected chi connectivity index (χ0v) is 9.66. The zero-order valence-electron chi connectivity index (χ0n) is 9.66. The molecule has 0 unspecified atom stereocenters. The SMILES string of the molecule is C=CC.CC(=O)/C(C)=C/c1ccccc1. The first-order valence-corrected chi connectivity index (χ1v) is 4.93. The van der Waals surface area contributed by atoms with Crippen LogP contribution in [0.3, 0.4) is 0 Å². The number of Topliss-reactive ketones (excluding diaryl/α,β-unsaturated/α-hetero) is 1. The van der Waals surface area contributed by atoms with Crippen molar-refractivity contribution in [1.29, 1.82) is 0 Å². The molecule has 0 saturated carbocycles. The van der Waals surface area contributed by atoms with E-state index >= 15 is 0 Å². The normalized spacial score (nSPS) is 9.93. The summed E-state index contributed by atoms with van der Waals surface area (Å²) in [5, 5.41) is 0. The Hall–Kier alpha value is -1.63. The van der Waals surface area contributed by atoms with E-state index in [1.165, 1.54) is 0 Å². The summed E-state index contributed by atoms with van der Waals surface area (Å²) in [5.74, 6) is 0.124. The van der Waals surface area contributed by atoms with E-state index in [0.29, 0.717) is 0 Å². The summed E-state index contributed by atoms with van der Waals surface area (Å²) < 4.78 is 0. The Morgan fingerprint density at radius 1 is 1.20 bits per heavy atom. The van der Waals surface area contributed by atoms with Crippen molar-refractivity contribution in [3.05, 3.63) is 54.1 Å². The lowest BCUT2D eigenvalue weighted by Gasteiger charge is -1.94. The van der Waals surface area contributed by atoms with Crippen LogP contribution in [-0.2, 0) is 4.79 Å². The fraction of sp³-hybridized carbons (Fsp3) is 0.214. The number of hydrogen-bond donors (Lipinski definition) is 0. The highest BCUT2D eigenvalue weighted by Crippen LogP contribution is 2.06. The van der Waals surface area contributed by atoms with Gasteiger partial charge in [-0.3, -0.25) is 4.79 Å². The summed E-state index contributed by atoms with van der Waals surface area (Å²) in [7, 11) is 0. The molecule has 0 spiro atoms. The quantitative estimate of drug-likeness (QED) is 0.525. The van der Waals surface area contributed by atoms with Crippen molar-refractivity contribution >= 4 is 11.9 Å². The smallest absolute Gasteiger partial charge is 0.155 e. The summed E-state index contributed by atoms with van der Waals surface area (Å²) in [6.07, 6.45) is 3.64. The molecule has 1 aromatic rings. The minimum Gasteiger partial charge on any atom is -0.295 e. The van der Waals surface area contributed by atoms with Crippen molar-refractivity contribution in [1.82, 2.24) is 0 Å². The molecule has 0 bridgehead atoms. The van der Waals surface area contributed by atoms with Gasteiger partial charge in [0.15, 0.2) is 5.78 Å². The molecule has 80 valence electrons. The monoisotopic (exact) mass is 202 g/mol. The molecule has 1 rings (SSSR count). The van der Waals surface area contributed by atoms with E-state index < -0.39 is 0 Å². The van der Waals surface area contributed by atoms with Crippen molar-refractivity contribution in [2.24, 2.45) is 0 Å². The Kier molecular flexibility index (Phi) is 6.90. The predicted molar refractivity (Wildman–Crippen MR) is 66.6 cm³/mol. The first-order chi connectivity index (χ1) is 7.11. The molecule has 0 aliphatic carbocycles. The van der Waals surface area contributed by atoms with Gasteiger partial charge in [-0.05, 0) is 38.0 Å². The molecule has 0 fully saturated rings. The lowest BCUT2D eigenvalue weighted by molar-refractivity contribution is -0.113. The second kappa shape index (κ2) is 7.74. The van der Waals surface area contributed by atoms with Crippen molar-refractivity contribution in [3.8, 4) is 0 Å². The highest BCUT2D eigenvalue weighted by Gasteiger charge is 1.94. The molecule has 0 saturated heterocycles. The topological polar surface area (TPSA) is 17.1 Å². The van der Waals surface area contributed by atoms with E-state index in [9.17, 15) is 4.79 Å². The number of benzene rings is 1. The van der Waals surface area contributed by atoms with E-state index in [2.05, 4.69) is 6.58 Å². The molecule has 0 heterocycles. The second-order valence-corrected chi connectivity index (χ2v) is 3.20. The van der Waals surface area contributed by atoms with Crippen molar-refractivity contribution in [2.75, 3.05) is 0 Å². The highest BCUT2D eigenvalue weighted by atomic mass is 16.1. The number of allylic oxidation sites excluding steroid dienone is 2. The first kappa shape index (κ1) is 13.4. The maximum atomic E-state index is 10.9. The maximum Gasteiger partial charge on any atom is 0.155 e. The fourth-order valence-corrected chi connectivity index (χ4v) is 0.901. The van der Waals surface area contributed by atoms with Gasteiger partial charge in [0, 0.05) is 0 Å². The highest BCUT2D eigenvalue weighted by molar-refractivity contribution is 5.97. The summed E-state index contributed by atoms with van der Waals surface area (Å²) >= 11 is 0. The van der Waals surface area contributed by atoms with E-state index in [-0.39, 0.29) is 5.78 Å². The summed E-state index contributed by atoms with van der Waals surface area (Å²) in [6, 6.07) is 9.83. The number of carbonyl (C=O) groups is 1. The van der Waals surface area contributed by atoms with Crippen LogP contribution in [0.2, 0.25) is 0 Å². The van der Waals surface area contributed by atoms with Gasteiger partial charge in [0.05, 0.1) is 0 Å². The number of hydrogen-bond acceptors (Lipinski definition) is 1. The summed E-state index contributed by atoms with van der Waals surface area (Å²) in [5.41, 5.74) is 1.87. The molecule has 15 heavy (non-hydrogen) atoms. The van der Waals surface area contributed by atoms with Gasteiger partial charge < -0.3 is 0 Å². The van der Waals surface area contributed by atoms with Crippen LogP contribution in [0.1, 0.15) is 26.3 Å². The standard InChI is InChI=1S/C11H12O.C3H6/c1-9(10(2)12)8-11-6-4-3-5-7-11;1-3-2/h3-8H,1-2H3;3H,1H2,2H3/b9-8+;. The largest absolute Gasteiger partial charge is 0.295 e. The molecule has 0 N–H and O–H groups in total. The van der Waals surface area contributed by atoms with Crippen molar-refractivity contribution < 1.29 is 4.79 Å². The third-order valence-corrected chi connectivity index (χ3v) is 1.74. The van der Waals surface area contributed by atoms with Crippen LogP contribution < -0.4 is 0 Å². The van der Waals surface area contributed by atoms with Crippen LogP contribution in [0.15, 0.2) is 48.6 Å². The number of carbonyl (C=O) groups excluding carboxylic acids is 1. The second-order valence-electron chi connectivity index (χ2n) is 3.20. The third-order valence-electron chi connectivity index (χ3n) is 1.74. The van der Waals surface area contributed by atoms with Crippen LogP contribution in [-0.4, -0.2) is 5.78 Å². The van der Waals surface area contributed by atoms with Gasteiger partial charge in [-0.15, -0.1) is 6.58 Å². The van der Waals surface area contributed by atoms with Gasteiger partial charge in [-0.2, -0.15) is 0 Å². The average Bonchev–Trinajstić information content (AvgIpc) is 2.20. The maximum absolute atomic E-state index is 10.9.